The number of amides is 2. The summed E-state index contributed by atoms with van der Waals surface area (Å²) in [5.74, 6) is -0.699. The number of aryl methyl sites for hydroxylation is 2. The number of carbonyl (C=O) groups is 2. The summed E-state index contributed by atoms with van der Waals surface area (Å²) in [6.07, 6.45) is 3.97. The van der Waals surface area contributed by atoms with Crippen LogP contribution in [0.3, 0.4) is 0 Å². The van der Waals surface area contributed by atoms with E-state index in [0.717, 1.165) is 52.1 Å². The average molecular weight is 564 g/mol. The second-order valence-corrected chi connectivity index (χ2v) is 12.1. The first kappa shape index (κ1) is 30.9. The quantitative estimate of drug-likeness (QED) is 0.283. The number of hydrogen-bond acceptors (Lipinski definition) is 4. The van der Waals surface area contributed by atoms with Gasteiger partial charge in [0.1, 0.15) is 12.6 Å². The van der Waals surface area contributed by atoms with Gasteiger partial charge in [-0.15, -0.1) is 0 Å². The molecule has 1 unspecified atom stereocenters. The number of unbranched alkanes of at least 4 members (excludes halogenated alkanes) is 1. The Bertz CT molecular complexity index is 1360. The molecule has 0 aliphatic carbocycles. The van der Waals surface area contributed by atoms with E-state index in [0.29, 0.717) is 18.7 Å². The van der Waals surface area contributed by atoms with Gasteiger partial charge in [-0.2, -0.15) is 0 Å². The molecule has 0 aromatic heterocycles. The third-order valence-corrected chi connectivity index (χ3v) is 7.99. The number of nitrogens with one attached hydrogen (secondary N) is 1. The number of benzene rings is 3. The molecule has 0 aliphatic rings. The molecule has 0 saturated carbocycles. The first-order valence-electron chi connectivity index (χ1n) is 13.9. The Kier molecular flexibility index (Phi) is 11.3. The number of carbonyl (C=O) groups excluding carboxylic acids is 2. The Morgan fingerprint density at radius 3 is 2.15 bits per heavy atom. The van der Waals surface area contributed by atoms with E-state index >= 15 is 0 Å². The summed E-state index contributed by atoms with van der Waals surface area (Å²) < 4.78 is 26.9. The summed E-state index contributed by atoms with van der Waals surface area (Å²) in [6, 6.07) is 23.7. The summed E-state index contributed by atoms with van der Waals surface area (Å²) in [5, 5.41) is 3.00. The van der Waals surface area contributed by atoms with Gasteiger partial charge in [0.2, 0.25) is 21.8 Å². The van der Waals surface area contributed by atoms with Gasteiger partial charge in [0.05, 0.1) is 11.9 Å². The van der Waals surface area contributed by atoms with Gasteiger partial charge in [0.15, 0.2) is 0 Å². The molecule has 0 spiro atoms. The van der Waals surface area contributed by atoms with Crippen molar-refractivity contribution < 1.29 is 18.0 Å². The third kappa shape index (κ3) is 8.95. The van der Waals surface area contributed by atoms with Crippen LogP contribution in [-0.2, 0) is 39.0 Å². The molecule has 3 rings (SSSR count). The van der Waals surface area contributed by atoms with Crippen molar-refractivity contribution >= 4 is 27.5 Å². The lowest BCUT2D eigenvalue weighted by atomic mass is 10.0. The summed E-state index contributed by atoms with van der Waals surface area (Å²) in [5.41, 5.74) is 4.29. The molecule has 3 aromatic rings. The van der Waals surface area contributed by atoms with Crippen LogP contribution in [0.5, 0.6) is 0 Å². The van der Waals surface area contributed by atoms with Crippen LogP contribution in [0.25, 0.3) is 0 Å². The molecule has 1 N–H and O–H groups in total. The Hall–Kier alpha value is -3.65. The van der Waals surface area contributed by atoms with Gasteiger partial charge in [-0.3, -0.25) is 13.9 Å². The lowest BCUT2D eigenvalue weighted by Gasteiger charge is -2.33. The van der Waals surface area contributed by atoms with Gasteiger partial charge < -0.3 is 10.2 Å². The zero-order valence-corrected chi connectivity index (χ0v) is 24.8. The number of hydrogen-bond donors (Lipinski definition) is 1. The van der Waals surface area contributed by atoms with Gasteiger partial charge in [-0.05, 0) is 48.6 Å². The lowest BCUT2D eigenvalue weighted by Crippen LogP contribution is -2.53. The molecule has 0 bridgehead atoms. The molecule has 0 heterocycles. The smallest absolute Gasteiger partial charge is 0.244 e. The predicted octanol–water partition coefficient (Wildman–Crippen LogP) is 4.88. The van der Waals surface area contributed by atoms with Crippen LogP contribution in [0.15, 0.2) is 78.9 Å². The minimum atomic E-state index is -3.78. The second-order valence-electron chi connectivity index (χ2n) is 10.2. The van der Waals surface area contributed by atoms with Gasteiger partial charge in [0.25, 0.3) is 0 Å². The van der Waals surface area contributed by atoms with Gasteiger partial charge in [-0.1, -0.05) is 92.6 Å². The van der Waals surface area contributed by atoms with E-state index in [1.165, 1.54) is 4.90 Å². The van der Waals surface area contributed by atoms with E-state index in [4.69, 9.17) is 0 Å². The van der Waals surface area contributed by atoms with Crippen LogP contribution in [-0.4, -0.2) is 50.5 Å². The molecule has 0 aliphatic heterocycles. The van der Waals surface area contributed by atoms with Crippen LogP contribution in [0.1, 0.15) is 48.9 Å². The molecular weight excluding hydrogens is 522 g/mol. The van der Waals surface area contributed by atoms with Crippen molar-refractivity contribution in [2.45, 2.75) is 59.0 Å². The van der Waals surface area contributed by atoms with Crippen LogP contribution in [0.4, 0.5) is 5.69 Å². The van der Waals surface area contributed by atoms with Crippen molar-refractivity contribution in [3.63, 3.8) is 0 Å². The average Bonchev–Trinajstić information content (AvgIpc) is 2.93. The standard InChI is InChI=1S/C32H41N3O4S/c1-5-7-20-33-32(37)30(22-27-13-9-8-10-14-27)34(23-28-15-11-12-25(3)21-28)31(36)24-35(40(4,38)39)29-18-16-26(6-2)17-19-29/h8-19,21,30H,5-7,20,22-24H2,1-4H3,(H,33,37). The summed E-state index contributed by atoms with van der Waals surface area (Å²) in [7, 11) is -3.78. The van der Waals surface area contributed by atoms with E-state index < -0.39 is 28.5 Å². The van der Waals surface area contributed by atoms with Gasteiger partial charge in [-0.25, -0.2) is 8.42 Å². The maximum absolute atomic E-state index is 14.1. The molecule has 2 amide bonds. The van der Waals surface area contributed by atoms with E-state index in [2.05, 4.69) is 5.32 Å². The Labute approximate surface area is 239 Å². The zero-order valence-electron chi connectivity index (χ0n) is 24.0. The number of sulfonamides is 1. The van der Waals surface area contributed by atoms with E-state index in [9.17, 15) is 18.0 Å². The van der Waals surface area contributed by atoms with Crippen LogP contribution >= 0.6 is 0 Å². The Morgan fingerprint density at radius 2 is 1.55 bits per heavy atom. The molecule has 7 nitrogen and oxygen atoms in total. The highest BCUT2D eigenvalue weighted by molar-refractivity contribution is 7.92. The van der Waals surface area contributed by atoms with E-state index in [1.807, 2.05) is 87.5 Å². The van der Waals surface area contributed by atoms with Crippen molar-refractivity contribution in [3.05, 3.63) is 101 Å². The third-order valence-electron chi connectivity index (χ3n) is 6.85. The number of anilines is 1. The fourth-order valence-corrected chi connectivity index (χ4v) is 5.43. The summed E-state index contributed by atoms with van der Waals surface area (Å²) in [6.45, 7) is 6.31. The molecule has 0 fully saturated rings. The molecule has 1 atom stereocenters. The maximum atomic E-state index is 14.1. The molecule has 0 saturated heterocycles. The summed E-state index contributed by atoms with van der Waals surface area (Å²) >= 11 is 0. The molecule has 0 radical (unpaired) electrons. The first-order valence-corrected chi connectivity index (χ1v) is 15.7. The number of rotatable bonds is 14. The van der Waals surface area contributed by atoms with Crippen molar-refractivity contribution in [1.29, 1.82) is 0 Å². The largest absolute Gasteiger partial charge is 0.354 e. The highest BCUT2D eigenvalue weighted by Gasteiger charge is 2.33. The summed E-state index contributed by atoms with van der Waals surface area (Å²) in [4.78, 5) is 29.2. The highest BCUT2D eigenvalue weighted by atomic mass is 32.2. The predicted molar refractivity (Wildman–Crippen MR) is 162 cm³/mol. The Balaban J connectivity index is 2.02. The normalized spacial score (nSPS) is 12.0. The van der Waals surface area contributed by atoms with Crippen LogP contribution < -0.4 is 9.62 Å². The minimum absolute atomic E-state index is 0.172. The highest BCUT2D eigenvalue weighted by Crippen LogP contribution is 2.21. The zero-order chi connectivity index (χ0) is 29.1. The monoisotopic (exact) mass is 563 g/mol. The number of nitrogens with zero attached hydrogens (tertiary/aromatic N) is 2. The Morgan fingerprint density at radius 1 is 0.875 bits per heavy atom. The van der Waals surface area contributed by atoms with Crippen molar-refractivity contribution in [3.8, 4) is 0 Å². The van der Waals surface area contributed by atoms with Gasteiger partial charge in [0, 0.05) is 19.5 Å². The lowest BCUT2D eigenvalue weighted by molar-refractivity contribution is -0.140. The SMILES string of the molecule is CCCCNC(=O)C(Cc1ccccc1)N(Cc1cccc(C)c1)C(=O)CN(c1ccc(CC)cc1)S(C)(=O)=O. The topological polar surface area (TPSA) is 86.8 Å². The van der Waals surface area contributed by atoms with Crippen molar-refractivity contribution in [1.82, 2.24) is 10.2 Å². The first-order chi connectivity index (χ1) is 19.1. The second kappa shape index (κ2) is 14.7. The fraction of sp³-hybridized carbons (Fsp3) is 0.375. The van der Waals surface area contributed by atoms with Gasteiger partial charge >= 0.3 is 0 Å². The maximum Gasteiger partial charge on any atom is 0.244 e. The molecule has 214 valence electrons. The van der Waals surface area contributed by atoms with Crippen molar-refractivity contribution in [2.24, 2.45) is 0 Å². The molecular formula is C32H41N3O4S. The molecule has 3 aromatic carbocycles. The van der Waals surface area contributed by atoms with Crippen molar-refractivity contribution in [2.75, 3.05) is 23.7 Å². The molecule has 40 heavy (non-hydrogen) atoms. The van der Waals surface area contributed by atoms with Crippen LogP contribution in [0, 0.1) is 6.92 Å². The minimum Gasteiger partial charge on any atom is -0.354 e. The van der Waals surface area contributed by atoms with Crippen LogP contribution in [0.2, 0.25) is 0 Å². The molecule has 8 heteroatoms. The van der Waals surface area contributed by atoms with E-state index in [-0.39, 0.29) is 12.5 Å². The fourth-order valence-electron chi connectivity index (χ4n) is 4.58. The van der Waals surface area contributed by atoms with E-state index in [1.54, 1.807) is 12.1 Å².